The molecular weight excluding hydrogens is 288 g/mol. The summed E-state index contributed by atoms with van der Waals surface area (Å²) < 4.78 is 1.13. The summed E-state index contributed by atoms with van der Waals surface area (Å²) in [6.07, 6.45) is 0. The SMILES string of the molecule is CNCC(C)NCc1ccc2cc(Br)ccc2c1. The molecule has 2 N–H and O–H groups in total. The van der Waals surface area contributed by atoms with Crippen molar-refractivity contribution in [2.45, 2.75) is 19.5 Å². The predicted molar refractivity (Wildman–Crippen MR) is 81.9 cm³/mol. The fraction of sp³-hybridized carbons (Fsp3) is 0.333. The van der Waals surface area contributed by atoms with Crippen molar-refractivity contribution in [1.82, 2.24) is 10.6 Å². The summed E-state index contributed by atoms with van der Waals surface area (Å²) in [5.41, 5.74) is 1.33. The fourth-order valence-electron chi connectivity index (χ4n) is 2.05. The first kappa shape index (κ1) is 13.5. The van der Waals surface area contributed by atoms with Crippen LogP contribution in [0.25, 0.3) is 10.8 Å². The van der Waals surface area contributed by atoms with E-state index in [1.165, 1.54) is 16.3 Å². The molecule has 1 atom stereocenters. The van der Waals surface area contributed by atoms with Crippen molar-refractivity contribution < 1.29 is 0 Å². The first-order valence-corrected chi connectivity index (χ1v) is 7.04. The number of likely N-dealkylation sites (N-methyl/N-ethyl adjacent to an activating group) is 1. The molecule has 2 aromatic rings. The van der Waals surface area contributed by atoms with Crippen LogP contribution in [-0.4, -0.2) is 19.6 Å². The highest BCUT2D eigenvalue weighted by molar-refractivity contribution is 9.10. The van der Waals surface area contributed by atoms with Crippen LogP contribution in [0.4, 0.5) is 0 Å². The Morgan fingerprint density at radius 3 is 2.61 bits per heavy atom. The van der Waals surface area contributed by atoms with E-state index in [2.05, 4.69) is 69.9 Å². The molecule has 0 radical (unpaired) electrons. The third-order valence-electron chi connectivity index (χ3n) is 3.03. The number of benzene rings is 2. The zero-order valence-electron chi connectivity index (χ0n) is 10.8. The van der Waals surface area contributed by atoms with Gasteiger partial charge in [-0.15, -0.1) is 0 Å². The van der Waals surface area contributed by atoms with Crippen molar-refractivity contribution in [2.24, 2.45) is 0 Å². The molecule has 18 heavy (non-hydrogen) atoms. The maximum atomic E-state index is 3.50. The number of nitrogens with one attached hydrogen (secondary N) is 2. The van der Waals surface area contributed by atoms with Gasteiger partial charge in [-0.3, -0.25) is 0 Å². The average Bonchev–Trinajstić information content (AvgIpc) is 2.36. The molecule has 0 aromatic heterocycles. The van der Waals surface area contributed by atoms with E-state index in [0.717, 1.165) is 17.6 Å². The molecule has 0 aliphatic rings. The van der Waals surface area contributed by atoms with Gasteiger partial charge in [-0.05, 0) is 48.5 Å². The lowest BCUT2D eigenvalue weighted by Gasteiger charge is -2.13. The first-order chi connectivity index (χ1) is 8.69. The molecule has 2 rings (SSSR count). The van der Waals surface area contributed by atoms with Crippen molar-refractivity contribution in [2.75, 3.05) is 13.6 Å². The maximum Gasteiger partial charge on any atom is 0.0208 e. The van der Waals surface area contributed by atoms with Crippen LogP contribution in [0.1, 0.15) is 12.5 Å². The Morgan fingerprint density at radius 1 is 1.11 bits per heavy atom. The Labute approximate surface area is 117 Å². The molecule has 3 heteroatoms. The number of fused-ring (bicyclic) bond motifs is 1. The summed E-state index contributed by atoms with van der Waals surface area (Å²) in [6, 6.07) is 13.5. The molecule has 2 aromatic carbocycles. The second kappa shape index (κ2) is 6.32. The van der Waals surface area contributed by atoms with Crippen LogP contribution < -0.4 is 10.6 Å². The van der Waals surface area contributed by atoms with E-state index in [1.807, 2.05) is 7.05 Å². The van der Waals surface area contributed by atoms with Crippen LogP contribution in [0, 0.1) is 0 Å². The van der Waals surface area contributed by atoms with Gasteiger partial charge in [0.15, 0.2) is 0 Å². The van der Waals surface area contributed by atoms with Crippen LogP contribution in [0.5, 0.6) is 0 Å². The molecule has 0 heterocycles. The Kier molecular flexibility index (Phi) is 4.75. The fourth-order valence-corrected chi connectivity index (χ4v) is 2.43. The van der Waals surface area contributed by atoms with E-state index in [0.29, 0.717) is 6.04 Å². The van der Waals surface area contributed by atoms with Gasteiger partial charge in [0.25, 0.3) is 0 Å². The highest BCUT2D eigenvalue weighted by Crippen LogP contribution is 2.20. The molecule has 2 nitrogen and oxygen atoms in total. The average molecular weight is 307 g/mol. The standard InChI is InChI=1S/C15H19BrN2/c1-11(9-17-2)18-10-12-3-4-14-8-15(16)6-5-13(14)7-12/h3-8,11,17-18H,9-10H2,1-2H3. The van der Waals surface area contributed by atoms with Crippen LogP contribution in [0.15, 0.2) is 40.9 Å². The zero-order chi connectivity index (χ0) is 13.0. The molecule has 0 spiro atoms. The van der Waals surface area contributed by atoms with Crippen LogP contribution >= 0.6 is 15.9 Å². The highest BCUT2D eigenvalue weighted by Gasteiger charge is 2.01. The van der Waals surface area contributed by atoms with Gasteiger partial charge in [0.1, 0.15) is 0 Å². The smallest absolute Gasteiger partial charge is 0.0208 e. The predicted octanol–water partition coefficient (Wildman–Crippen LogP) is 3.30. The molecule has 0 fully saturated rings. The summed E-state index contributed by atoms with van der Waals surface area (Å²) >= 11 is 3.50. The van der Waals surface area contributed by atoms with Crippen molar-refractivity contribution in [3.05, 3.63) is 46.4 Å². The topological polar surface area (TPSA) is 24.1 Å². The largest absolute Gasteiger partial charge is 0.318 e. The first-order valence-electron chi connectivity index (χ1n) is 6.25. The molecule has 0 saturated heterocycles. The third kappa shape index (κ3) is 3.55. The van der Waals surface area contributed by atoms with Gasteiger partial charge in [0, 0.05) is 23.6 Å². The maximum absolute atomic E-state index is 3.50. The van der Waals surface area contributed by atoms with Crippen LogP contribution in [0.2, 0.25) is 0 Å². The normalized spacial score (nSPS) is 12.8. The number of halogens is 1. The van der Waals surface area contributed by atoms with Gasteiger partial charge < -0.3 is 10.6 Å². The van der Waals surface area contributed by atoms with Crippen molar-refractivity contribution >= 4 is 26.7 Å². The summed E-state index contributed by atoms with van der Waals surface area (Å²) in [5.74, 6) is 0. The summed E-state index contributed by atoms with van der Waals surface area (Å²) in [7, 11) is 1.98. The summed E-state index contributed by atoms with van der Waals surface area (Å²) in [5, 5.41) is 9.24. The third-order valence-corrected chi connectivity index (χ3v) is 3.52. The number of rotatable bonds is 5. The van der Waals surface area contributed by atoms with Crippen molar-refractivity contribution in [3.63, 3.8) is 0 Å². The zero-order valence-corrected chi connectivity index (χ0v) is 12.4. The van der Waals surface area contributed by atoms with E-state index < -0.39 is 0 Å². The molecule has 0 amide bonds. The van der Waals surface area contributed by atoms with Crippen LogP contribution in [0.3, 0.4) is 0 Å². The molecule has 0 bridgehead atoms. The Balaban J connectivity index is 2.08. The molecule has 0 saturated carbocycles. The van der Waals surface area contributed by atoms with E-state index in [1.54, 1.807) is 0 Å². The van der Waals surface area contributed by atoms with Crippen molar-refractivity contribution in [3.8, 4) is 0 Å². The van der Waals surface area contributed by atoms with E-state index in [-0.39, 0.29) is 0 Å². The second-order valence-electron chi connectivity index (χ2n) is 4.67. The lowest BCUT2D eigenvalue weighted by molar-refractivity contribution is 0.523. The van der Waals surface area contributed by atoms with Gasteiger partial charge in [-0.1, -0.05) is 34.1 Å². The Bertz CT molecular complexity index is 525. The minimum atomic E-state index is 0.482. The molecule has 96 valence electrons. The Morgan fingerprint density at radius 2 is 1.83 bits per heavy atom. The number of hydrogen-bond donors (Lipinski definition) is 2. The highest BCUT2D eigenvalue weighted by atomic mass is 79.9. The summed E-state index contributed by atoms with van der Waals surface area (Å²) in [4.78, 5) is 0. The minimum Gasteiger partial charge on any atom is -0.318 e. The second-order valence-corrected chi connectivity index (χ2v) is 5.58. The molecule has 0 aliphatic carbocycles. The quantitative estimate of drug-likeness (QED) is 0.885. The van der Waals surface area contributed by atoms with Crippen molar-refractivity contribution in [1.29, 1.82) is 0 Å². The van der Waals surface area contributed by atoms with Gasteiger partial charge in [0.05, 0.1) is 0 Å². The van der Waals surface area contributed by atoms with Gasteiger partial charge >= 0.3 is 0 Å². The monoisotopic (exact) mass is 306 g/mol. The molecule has 1 unspecified atom stereocenters. The summed E-state index contributed by atoms with van der Waals surface area (Å²) in [6.45, 7) is 4.09. The minimum absolute atomic E-state index is 0.482. The van der Waals surface area contributed by atoms with Crippen LogP contribution in [-0.2, 0) is 6.54 Å². The van der Waals surface area contributed by atoms with E-state index in [4.69, 9.17) is 0 Å². The lowest BCUT2D eigenvalue weighted by atomic mass is 10.1. The van der Waals surface area contributed by atoms with E-state index in [9.17, 15) is 0 Å². The number of hydrogen-bond acceptors (Lipinski definition) is 2. The van der Waals surface area contributed by atoms with Gasteiger partial charge in [-0.2, -0.15) is 0 Å². The molecular formula is C15H19BrN2. The molecule has 0 aliphatic heterocycles. The lowest BCUT2D eigenvalue weighted by Crippen LogP contribution is -2.34. The van der Waals surface area contributed by atoms with E-state index >= 15 is 0 Å². The van der Waals surface area contributed by atoms with Gasteiger partial charge in [-0.25, -0.2) is 0 Å². The Hall–Kier alpha value is -0.900. The van der Waals surface area contributed by atoms with Gasteiger partial charge in [0.2, 0.25) is 0 Å².